The quantitative estimate of drug-likeness (QED) is 0.0855. The van der Waals surface area contributed by atoms with Crippen molar-refractivity contribution in [3.63, 3.8) is 0 Å². The topological polar surface area (TPSA) is 103 Å². The van der Waals surface area contributed by atoms with Crippen molar-refractivity contribution in [1.82, 2.24) is 4.98 Å². The van der Waals surface area contributed by atoms with Crippen LogP contribution in [0.2, 0.25) is 0 Å². The first-order chi connectivity index (χ1) is 23.8. The van der Waals surface area contributed by atoms with Crippen LogP contribution in [0.3, 0.4) is 0 Å². The van der Waals surface area contributed by atoms with Gasteiger partial charge in [-0.2, -0.15) is 13.2 Å². The van der Waals surface area contributed by atoms with Crippen LogP contribution in [0.15, 0.2) is 42.5 Å². The second kappa shape index (κ2) is 18.7. The Labute approximate surface area is 355 Å². The van der Waals surface area contributed by atoms with Crippen LogP contribution in [0.25, 0.3) is 0 Å². The Kier molecular flexibility index (Phi) is 18.2. The van der Waals surface area contributed by atoms with Gasteiger partial charge in [-0.05, 0) is 55.7 Å². The van der Waals surface area contributed by atoms with Gasteiger partial charge in [0.15, 0.2) is 20.7 Å². The number of hydrogen-bond donors (Lipinski definition) is 0. The van der Waals surface area contributed by atoms with Gasteiger partial charge in [0.05, 0.1) is 0 Å². The Hall–Kier alpha value is -1.67. The molecule has 318 valence electrons. The van der Waals surface area contributed by atoms with Crippen LogP contribution in [0.1, 0.15) is 169 Å². The summed E-state index contributed by atoms with van der Waals surface area (Å²) >= 11 is 0. The first kappa shape index (κ1) is 54.3. The molecule has 2 unspecified atom stereocenters. The largest absolute Gasteiger partial charge is 1.00 e. The summed E-state index contributed by atoms with van der Waals surface area (Å²) < 4.78 is 58.9. The first-order valence-corrected chi connectivity index (χ1v) is 22.0. The number of halogens is 3. The van der Waals surface area contributed by atoms with E-state index >= 15 is 0 Å². The van der Waals surface area contributed by atoms with Gasteiger partial charge >= 0.3 is 27.9 Å². The van der Waals surface area contributed by atoms with E-state index in [4.69, 9.17) is 18.0 Å². The summed E-state index contributed by atoms with van der Waals surface area (Å²) in [7, 11) is -4.99. The van der Waals surface area contributed by atoms with Gasteiger partial charge in [-0.25, -0.2) is 13.4 Å². The zero-order valence-corrected chi connectivity index (χ0v) is 41.1. The SMILES string of the molecule is CC(C)(C)c1cc(C(C)(C)C)c(/[PH+]=C/c2cccc(/C=[PH+]/c3c(C(C)(C)C)cc(C(C)(C)C)cc3C(C)(C)C)n2)c(C(C)(C)C)c1.O=S(=O)([O-])C(F)(F)F.[Ag+].[OH3+]. The van der Waals surface area contributed by atoms with E-state index < -0.39 is 15.6 Å². The van der Waals surface area contributed by atoms with E-state index in [2.05, 4.69) is 179 Å². The first-order valence-electron chi connectivity index (χ1n) is 18.4. The summed E-state index contributed by atoms with van der Waals surface area (Å²) in [5.74, 6) is 4.74. The predicted molar refractivity (Wildman–Crippen MR) is 236 cm³/mol. The average Bonchev–Trinajstić information content (AvgIpc) is 2.94. The Morgan fingerprint density at radius 3 is 0.946 bits per heavy atom. The van der Waals surface area contributed by atoms with Gasteiger partial charge < -0.3 is 10.0 Å². The molecule has 0 saturated carbocycles. The number of alkyl halides is 3. The molecule has 0 spiro atoms. The molecule has 0 aliphatic heterocycles. The molecule has 0 amide bonds. The molecule has 0 bridgehead atoms. The summed E-state index contributed by atoms with van der Waals surface area (Å²) in [6, 6.07) is 16.4. The van der Waals surface area contributed by atoms with Crippen LogP contribution in [0, 0.1) is 0 Å². The monoisotopic (exact) mass is 932 g/mol. The summed E-state index contributed by atoms with van der Waals surface area (Å²) in [4.78, 5) is 5.19. The smallest absolute Gasteiger partial charge is 0.741 e. The molecular weight excluding hydrogens is 865 g/mol. The summed E-state index contributed by atoms with van der Waals surface area (Å²) in [5, 5.41) is 2.96. The minimum Gasteiger partial charge on any atom is -0.741 e. The number of hydrogen-bond acceptors (Lipinski definition) is 4. The molecule has 3 N–H and O–H groups in total. The van der Waals surface area contributed by atoms with E-state index in [9.17, 15) is 13.2 Å². The third kappa shape index (κ3) is 15.2. The molecule has 1 heterocycles. The fraction of sp³-hybridized carbons (Fsp3) is 0.568. The van der Waals surface area contributed by atoms with E-state index in [-0.39, 0.29) is 60.3 Å². The maximum absolute atomic E-state index is 10.7. The summed E-state index contributed by atoms with van der Waals surface area (Å²) in [5.41, 5.74) is 5.61. The zero-order valence-electron chi connectivity index (χ0n) is 36.8. The molecule has 0 radical (unpaired) electrons. The van der Waals surface area contributed by atoms with Crippen LogP contribution in [-0.4, -0.2) is 35.1 Å². The van der Waals surface area contributed by atoms with Crippen LogP contribution in [0.5, 0.6) is 0 Å². The number of pyridine rings is 1. The van der Waals surface area contributed by atoms with Crippen molar-refractivity contribution in [2.24, 2.45) is 0 Å². The van der Waals surface area contributed by atoms with E-state index in [0.717, 1.165) is 11.4 Å². The predicted octanol–water partition coefficient (Wildman–Crippen LogP) is 10.3. The summed E-state index contributed by atoms with van der Waals surface area (Å²) in [6.07, 6.45) is 0. The standard InChI is InChI=1S/C43H63NP2.CHF3O3S.Ag.H2O/c1-38(2,3)28-22-32(40(7,8)9)36(33(23-28)41(10,11)12)45-26-30-20-19-21-31(44-30)27-46-37-34(42(13,14)15)24-29(39(4,5)6)25-35(37)43(16,17)18;2-1(3,4)8(5,6)7;;/h19-27H,1-18H3;(H,5,6,7);;1H2/q;;+1;/p+2. The molecule has 2 atom stereocenters. The fourth-order valence-corrected chi connectivity index (χ4v) is 9.07. The molecule has 2 aromatic carbocycles. The zero-order chi connectivity index (χ0) is 42.3. The molecule has 0 aliphatic rings. The van der Waals surface area contributed by atoms with Gasteiger partial charge in [-0.3, -0.25) is 0 Å². The molecule has 0 aliphatic carbocycles. The van der Waals surface area contributed by atoms with Crippen LogP contribution in [-0.2, 0) is 70.5 Å². The molecule has 3 aromatic rings. The van der Waals surface area contributed by atoms with E-state index in [1.54, 1.807) is 0 Å². The van der Waals surface area contributed by atoms with Gasteiger partial charge in [0.2, 0.25) is 0 Å². The molecule has 0 saturated heterocycles. The van der Waals surface area contributed by atoms with Crippen molar-refractivity contribution in [3.05, 3.63) is 87.2 Å². The van der Waals surface area contributed by atoms with Crippen molar-refractivity contribution in [3.8, 4) is 0 Å². The van der Waals surface area contributed by atoms with Gasteiger partial charge in [-0.1, -0.05) is 155 Å². The fourth-order valence-electron chi connectivity index (χ4n) is 5.75. The van der Waals surface area contributed by atoms with Crippen molar-refractivity contribution in [2.45, 2.75) is 163 Å². The maximum atomic E-state index is 10.7. The number of aromatic nitrogens is 1. The van der Waals surface area contributed by atoms with Crippen LogP contribution < -0.4 is 10.6 Å². The Morgan fingerprint density at radius 1 is 0.536 bits per heavy atom. The second-order valence-electron chi connectivity index (χ2n) is 20.4. The van der Waals surface area contributed by atoms with Gasteiger partial charge in [0, 0.05) is 22.3 Å². The van der Waals surface area contributed by atoms with Crippen molar-refractivity contribution >= 4 is 48.7 Å². The molecule has 5 nitrogen and oxygen atoms in total. The van der Waals surface area contributed by atoms with E-state index in [0.29, 0.717) is 16.4 Å². The average molecular weight is 934 g/mol. The van der Waals surface area contributed by atoms with Gasteiger partial charge in [-0.15, -0.1) is 0 Å². The minimum atomic E-state index is -6.09. The van der Waals surface area contributed by atoms with Crippen molar-refractivity contribution < 1.29 is 54.0 Å². The molecule has 1 aromatic heterocycles. The third-order valence-electron chi connectivity index (χ3n) is 9.05. The number of benzene rings is 2. The van der Waals surface area contributed by atoms with E-state index in [1.807, 2.05) is 0 Å². The van der Waals surface area contributed by atoms with E-state index in [1.165, 1.54) is 44.0 Å². The van der Waals surface area contributed by atoms with Gasteiger partial charge in [0.1, 0.15) is 39.4 Å². The Balaban J connectivity index is 0.00000272. The van der Waals surface area contributed by atoms with Crippen molar-refractivity contribution in [2.75, 3.05) is 0 Å². The second-order valence-corrected chi connectivity index (χ2v) is 23.9. The third-order valence-corrected chi connectivity index (χ3v) is 12.1. The minimum absolute atomic E-state index is 0. The molecule has 3 rings (SSSR count). The number of rotatable bonds is 4. The van der Waals surface area contributed by atoms with Crippen LogP contribution in [0.4, 0.5) is 13.2 Å². The van der Waals surface area contributed by atoms with Gasteiger partial charge in [0.25, 0.3) is 0 Å². The van der Waals surface area contributed by atoms with Crippen molar-refractivity contribution in [1.29, 1.82) is 0 Å². The molecule has 0 fully saturated rings. The normalized spacial score (nSPS) is 13.6. The Morgan fingerprint density at radius 2 is 0.768 bits per heavy atom. The van der Waals surface area contributed by atoms with Crippen LogP contribution >= 0.6 is 16.4 Å². The number of nitrogens with zero attached hydrogens (tertiary/aromatic N) is 1. The Bertz CT molecular complexity index is 1790. The molecule has 56 heavy (non-hydrogen) atoms. The molecule has 12 heteroatoms. The summed E-state index contributed by atoms with van der Waals surface area (Å²) in [6.45, 7) is 42.3. The maximum Gasteiger partial charge on any atom is 1.00 e. The molecular formula is C44H68AgF3NO4P2S+3.